The van der Waals surface area contributed by atoms with Crippen LogP contribution in [0.1, 0.15) is 41.3 Å². The number of amides is 1. The molecule has 0 unspecified atom stereocenters. The van der Waals surface area contributed by atoms with Gasteiger partial charge in [0.1, 0.15) is 22.4 Å². The number of fused-ring (bicyclic) bond motifs is 2. The summed E-state index contributed by atoms with van der Waals surface area (Å²) in [7, 11) is 0. The first kappa shape index (κ1) is 19.2. The molecule has 7 heteroatoms. The first-order valence-electron chi connectivity index (χ1n) is 9.53. The summed E-state index contributed by atoms with van der Waals surface area (Å²) in [4.78, 5) is 25.4. The molecule has 1 atom stereocenters. The third kappa shape index (κ3) is 3.76. The van der Waals surface area contributed by atoms with Crippen LogP contribution in [0.4, 0.5) is 5.00 Å². The van der Waals surface area contributed by atoms with Crippen molar-refractivity contribution in [1.29, 1.82) is 5.26 Å². The number of carbonyl (C=O) groups is 1. The largest absolute Gasteiger partial charge is 0.481 e. The molecular weight excluding hydrogens is 388 g/mol. The van der Waals surface area contributed by atoms with Crippen molar-refractivity contribution in [2.24, 2.45) is 0 Å². The van der Waals surface area contributed by atoms with Gasteiger partial charge < -0.3 is 14.5 Å². The molecule has 1 aliphatic carbocycles. The van der Waals surface area contributed by atoms with Crippen LogP contribution in [0.15, 0.2) is 33.5 Å². The minimum atomic E-state index is -0.783. The van der Waals surface area contributed by atoms with E-state index in [1.807, 2.05) is 6.92 Å². The van der Waals surface area contributed by atoms with Gasteiger partial charge in [-0.1, -0.05) is 0 Å². The zero-order valence-corrected chi connectivity index (χ0v) is 17.0. The van der Waals surface area contributed by atoms with Gasteiger partial charge in [-0.2, -0.15) is 5.26 Å². The van der Waals surface area contributed by atoms with Gasteiger partial charge in [-0.3, -0.25) is 4.79 Å². The molecule has 0 radical (unpaired) electrons. The minimum Gasteiger partial charge on any atom is -0.481 e. The van der Waals surface area contributed by atoms with E-state index in [0.717, 1.165) is 42.2 Å². The average molecular weight is 408 g/mol. The number of hydrogen-bond donors (Lipinski definition) is 1. The first-order valence-corrected chi connectivity index (χ1v) is 10.3. The molecule has 0 aliphatic heterocycles. The van der Waals surface area contributed by atoms with E-state index in [1.165, 1.54) is 22.3 Å². The smallest absolute Gasteiger partial charge is 0.336 e. The molecule has 6 nitrogen and oxygen atoms in total. The predicted octanol–water partition coefficient (Wildman–Crippen LogP) is 4.32. The molecule has 0 saturated carbocycles. The summed E-state index contributed by atoms with van der Waals surface area (Å²) in [5.41, 5.74) is 2.46. The zero-order chi connectivity index (χ0) is 20.5. The second-order valence-corrected chi connectivity index (χ2v) is 8.29. The molecule has 1 amide bonds. The summed E-state index contributed by atoms with van der Waals surface area (Å²) in [6.45, 7) is 3.48. The molecule has 3 aromatic rings. The van der Waals surface area contributed by atoms with Gasteiger partial charge in [-0.15, -0.1) is 11.3 Å². The Balaban J connectivity index is 1.52. The summed E-state index contributed by atoms with van der Waals surface area (Å²) in [5, 5.41) is 13.8. The molecule has 0 spiro atoms. The summed E-state index contributed by atoms with van der Waals surface area (Å²) in [6.07, 6.45) is 3.25. The van der Waals surface area contributed by atoms with Crippen LogP contribution < -0.4 is 15.7 Å². The molecule has 1 aromatic carbocycles. The van der Waals surface area contributed by atoms with E-state index >= 15 is 0 Å². The molecule has 29 heavy (non-hydrogen) atoms. The molecule has 1 N–H and O–H groups in total. The molecule has 2 heterocycles. The maximum absolute atomic E-state index is 12.7. The lowest BCUT2D eigenvalue weighted by Crippen LogP contribution is -2.30. The number of benzene rings is 1. The average Bonchev–Trinajstić information content (AvgIpc) is 3.04. The number of carbonyl (C=O) groups excluding carboxylic acids is 1. The summed E-state index contributed by atoms with van der Waals surface area (Å²) < 4.78 is 11.0. The van der Waals surface area contributed by atoms with E-state index in [4.69, 9.17) is 9.15 Å². The minimum absolute atomic E-state index is 0.328. The zero-order valence-electron chi connectivity index (χ0n) is 16.2. The van der Waals surface area contributed by atoms with Crippen molar-refractivity contribution in [3.8, 4) is 11.8 Å². The highest BCUT2D eigenvalue weighted by Gasteiger charge is 2.24. The lowest BCUT2D eigenvalue weighted by molar-refractivity contribution is -0.122. The Morgan fingerprint density at radius 3 is 2.90 bits per heavy atom. The normalized spacial score (nSPS) is 14.1. The fraction of sp³-hybridized carbons (Fsp3) is 0.318. The summed E-state index contributed by atoms with van der Waals surface area (Å²) in [5.74, 6) is 0.103. The van der Waals surface area contributed by atoms with Crippen LogP contribution >= 0.6 is 11.3 Å². The Morgan fingerprint density at radius 2 is 2.10 bits per heavy atom. The first-order chi connectivity index (χ1) is 14.0. The SMILES string of the molecule is Cc1cc(=O)oc2cc(O[C@@H](C)C(=O)Nc3sc4c(c3C#N)CCCC4)ccc12. The molecule has 0 saturated heterocycles. The van der Waals surface area contributed by atoms with Crippen LogP contribution in [-0.4, -0.2) is 12.0 Å². The number of anilines is 1. The number of nitriles is 1. The number of ether oxygens (including phenoxy) is 1. The highest BCUT2D eigenvalue weighted by atomic mass is 32.1. The van der Waals surface area contributed by atoms with Crippen LogP contribution in [0.5, 0.6) is 5.75 Å². The molecule has 0 bridgehead atoms. The third-order valence-corrected chi connectivity index (χ3v) is 6.33. The van der Waals surface area contributed by atoms with Crippen molar-refractivity contribution in [3.63, 3.8) is 0 Å². The monoisotopic (exact) mass is 408 g/mol. The fourth-order valence-corrected chi connectivity index (χ4v) is 4.86. The second kappa shape index (κ2) is 7.72. The second-order valence-electron chi connectivity index (χ2n) is 7.18. The van der Waals surface area contributed by atoms with E-state index < -0.39 is 11.7 Å². The van der Waals surface area contributed by atoms with E-state index in [9.17, 15) is 14.9 Å². The van der Waals surface area contributed by atoms with Crippen molar-refractivity contribution in [2.75, 3.05) is 5.32 Å². The van der Waals surface area contributed by atoms with Crippen molar-refractivity contribution >= 4 is 33.2 Å². The van der Waals surface area contributed by atoms with Gasteiger partial charge in [0.25, 0.3) is 5.91 Å². The standard InChI is InChI=1S/C22H20N2O4S/c1-12-9-20(25)28-18-10-14(7-8-15(12)18)27-13(2)21(26)24-22-17(11-23)16-5-3-4-6-19(16)29-22/h7-10,13H,3-6H2,1-2H3,(H,24,26)/t13-/m0/s1. The predicted molar refractivity (Wildman–Crippen MR) is 112 cm³/mol. The van der Waals surface area contributed by atoms with Crippen LogP contribution in [0.2, 0.25) is 0 Å². The fourth-order valence-electron chi connectivity index (χ4n) is 3.62. The van der Waals surface area contributed by atoms with Crippen LogP contribution in [0.25, 0.3) is 11.0 Å². The Bertz CT molecular complexity index is 1200. The highest BCUT2D eigenvalue weighted by molar-refractivity contribution is 7.16. The lowest BCUT2D eigenvalue weighted by atomic mass is 9.96. The number of nitrogens with one attached hydrogen (secondary N) is 1. The van der Waals surface area contributed by atoms with Gasteiger partial charge in [0.2, 0.25) is 0 Å². The number of rotatable bonds is 4. The molecule has 1 aliphatic rings. The quantitative estimate of drug-likeness (QED) is 0.649. The number of nitrogens with zero attached hydrogens (tertiary/aromatic N) is 1. The molecule has 0 fully saturated rings. The van der Waals surface area contributed by atoms with Gasteiger partial charge in [0.15, 0.2) is 6.10 Å². The van der Waals surface area contributed by atoms with Crippen molar-refractivity contribution < 1.29 is 13.9 Å². The van der Waals surface area contributed by atoms with Crippen LogP contribution in [0.3, 0.4) is 0 Å². The topological polar surface area (TPSA) is 92.3 Å². The van der Waals surface area contributed by atoms with Crippen molar-refractivity contribution in [2.45, 2.75) is 45.6 Å². The number of hydrogen-bond acceptors (Lipinski definition) is 6. The summed E-state index contributed by atoms with van der Waals surface area (Å²) in [6, 6.07) is 8.83. The van der Waals surface area contributed by atoms with Gasteiger partial charge in [-0.05, 0) is 62.8 Å². The van der Waals surface area contributed by atoms with E-state index in [1.54, 1.807) is 25.1 Å². The van der Waals surface area contributed by atoms with Gasteiger partial charge in [0, 0.05) is 22.4 Å². The van der Waals surface area contributed by atoms with Crippen LogP contribution in [0, 0.1) is 18.3 Å². The number of aryl methyl sites for hydroxylation is 2. The van der Waals surface area contributed by atoms with E-state index in [0.29, 0.717) is 21.9 Å². The maximum Gasteiger partial charge on any atom is 0.336 e. The van der Waals surface area contributed by atoms with Gasteiger partial charge in [-0.25, -0.2) is 4.79 Å². The molecule has 2 aromatic heterocycles. The lowest BCUT2D eigenvalue weighted by Gasteiger charge is -2.14. The number of thiophene rings is 1. The third-order valence-electron chi connectivity index (χ3n) is 5.12. The maximum atomic E-state index is 12.7. The van der Waals surface area contributed by atoms with Gasteiger partial charge in [0.05, 0.1) is 5.56 Å². The van der Waals surface area contributed by atoms with E-state index in [2.05, 4.69) is 11.4 Å². The Morgan fingerprint density at radius 1 is 1.31 bits per heavy atom. The van der Waals surface area contributed by atoms with Gasteiger partial charge >= 0.3 is 5.63 Å². The molecule has 148 valence electrons. The summed E-state index contributed by atoms with van der Waals surface area (Å²) >= 11 is 1.48. The highest BCUT2D eigenvalue weighted by Crippen LogP contribution is 2.37. The van der Waals surface area contributed by atoms with Crippen LogP contribution in [-0.2, 0) is 17.6 Å². The Hall–Kier alpha value is -3.11. The Kier molecular flexibility index (Phi) is 5.12. The Labute approximate surface area is 171 Å². The molecular formula is C22H20N2O4S. The van der Waals surface area contributed by atoms with E-state index in [-0.39, 0.29) is 5.91 Å². The van der Waals surface area contributed by atoms with Crippen molar-refractivity contribution in [3.05, 3.63) is 56.3 Å². The molecule has 4 rings (SSSR count). The van der Waals surface area contributed by atoms with Crippen molar-refractivity contribution in [1.82, 2.24) is 0 Å².